The van der Waals surface area contributed by atoms with Crippen LogP contribution in [0.15, 0.2) is 66.7 Å². The highest BCUT2D eigenvalue weighted by atomic mass is 35.5. The summed E-state index contributed by atoms with van der Waals surface area (Å²) < 4.78 is 5.82. The maximum atomic E-state index is 12.7. The van der Waals surface area contributed by atoms with Gasteiger partial charge in [0.1, 0.15) is 12.4 Å². The summed E-state index contributed by atoms with van der Waals surface area (Å²) in [5.74, 6) is -0.145. The Labute approximate surface area is 208 Å². The van der Waals surface area contributed by atoms with Gasteiger partial charge in [-0.1, -0.05) is 54.4 Å². The minimum absolute atomic E-state index is 0.0574. The second-order valence-corrected chi connectivity index (χ2v) is 8.87. The number of carbonyl (C=O) groups excluding carboxylic acids is 2. The van der Waals surface area contributed by atoms with Crippen LogP contribution in [0.4, 0.5) is 11.4 Å². The van der Waals surface area contributed by atoms with E-state index in [0.717, 1.165) is 12.1 Å². The molecule has 4 rings (SSSR count). The molecule has 0 unspecified atom stereocenters. The van der Waals surface area contributed by atoms with Gasteiger partial charge in [-0.25, -0.2) is 0 Å². The van der Waals surface area contributed by atoms with E-state index in [2.05, 4.69) is 17.8 Å². The normalized spacial score (nSPS) is 15.3. The Morgan fingerprint density at radius 3 is 2.47 bits per heavy atom. The average Bonchev–Trinajstić information content (AvgIpc) is 3.24. The minimum atomic E-state index is -0.437. The third-order valence-corrected chi connectivity index (χ3v) is 6.47. The summed E-state index contributed by atoms with van der Waals surface area (Å²) in [6.45, 7) is 2.65. The lowest BCUT2D eigenvalue weighted by Crippen LogP contribution is -2.36. The van der Waals surface area contributed by atoms with Crippen molar-refractivity contribution in [2.45, 2.75) is 26.4 Å². The van der Waals surface area contributed by atoms with Crippen LogP contribution in [0, 0.1) is 5.92 Å². The van der Waals surface area contributed by atoms with Crippen molar-refractivity contribution < 1.29 is 14.3 Å². The first-order valence-corrected chi connectivity index (χ1v) is 11.8. The van der Waals surface area contributed by atoms with E-state index in [1.165, 1.54) is 5.56 Å². The van der Waals surface area contributed by atoms with Crippen LogP contribution in [-0.4, -0.2) is 18.4 Å². The van der Waals surface area contributed by atoms with E-state index in [0.29, 0.717) is 33.6 Å². The monoisotopic (exact) mass is 497 g/mol. The van der Waals surface area contributed by atoms with Gasteiger partial charge in [0.25, 0.3) is 0 Å². The Hall–Kier alpha value is -3.22. The first kappa shape index (κ1) is 23.9. The van der Waals surface area contributed by atoms with Gasteiger partial charge in [0.15, 0.2) is 0 Å². The number of nitrogens with zero attached hydrogens (tertiary/aromatic N) is 1. The molecule has 1 fully saturated rings. The van der Waals surface area contributed by atoms with Gasteiger partial charge in [0.05, 0.1) is 11.6 Å². The Balaban J connectivity index is 1.32. The number of hydrazine groups is 1. The fourth-order valence-corrected chi connectivity index (χ4v) is 4.28. The lowest BCUT2D eigenvalue weighted by atomic mass is 10.1. The van der Waals surface area contributed by atoms with E-state index in [9.17, 15) is 9.59 Å². The summed E-state index contributed by atoms with van der Waals surface area (Å²) in [6, 6.07) is 20.3. The fraction of sp³-hybridized carbons (Fsp3) is 0.231. The molecule has 1 aliphatic heterocycles. The predicted octanol–water partition coefficient (Wildman–Crippen LogP) is 5.63. The molecule has 2 amide bonds. The van der Waals surface area contributed by atoms with Gasteiger partial charge in [-0.15, -0.1) is 0 Å². The molecule has 1 heterocycles. The second kappa shape index (κ2) is 10.8. The molecule has 6 nitrogen and oxygen atoms in total. The molecule has 2 N–H and O–H groups in total. The summed E-state index contributed by atoms with van der Waals surface area (Å²) in [7, 11) is 0. The fourth-order valence-electron chi connectivity index (χ4n) is 3.77. The number of nitrogens with one attached hydrogen (secondary N) is 2. The molecule has 3 aromatic rings. The van der Waals surface area contributed by atoms with E-state index in [4.69, 9.17) is 27.9 Å². The number of aryl methyl sites for hydroxylation is 1. The van der Waals surface area contributed by atoms with Gasteiger partial charge in [-0.3, -0.25) is 20.4 Å². The van der Waals surface area contributed by atoms with Crippen LogP contribution < -0.4 is 20.5 Å². The number of ether oxygens (including phenoxy) is 1. The largest absolute Gasteiger partial charge is 0.489 e. The Kier molecular flexibility index (Phi) is 7.60. The van der Waals surface area contributed by atoms with Gasteiger partial charge in [0, 0.05) is 40.3 Å². The van der Waals surface area contributed by atoms with Crippen molar-refractivity contribution in [2.24, 2.45) is 5.92 Å². The van der Waals surface area contributed by atoms with E-state index in [-0.39, 0.29) is 24.8 Å². The van der Waals surface area contributed by atoms with Crippen molar-refractivity contribution in [3.05, 3.63) is 87.9 Å². The molecule has 0 aliphatic carbocycles. The zero-order valence-corrected chi connectivity index (χ0v) is 20.2. The third-order valence-electron chi connectivity index (χ3n) is 5.76. The standard InChI is InChI=1S/C26H25Cl2N3O3/c1-2-17-9-11-20(12-10-17)31-15-18(13-25(31)32)26(33)30-29-19-5-3-6-21(14-19)34-16-22-23(27)7-4-8-24(22)28/h3-12,14,18,29H,2,13,15-16H2,1H3,(H,30,33)/t18-/m0/s1. The first-order chi connectivity index (χ1) is 16.4. The van der Waals surface area contributed by atoms with Gasteiger partial charge >= 0.3 is 0 Å². The summed E-state index contributed by atoms with van der Waals surface area (Å²) in [4.78, 5) is 26.9. The molecular weight excluding hydrogens is 473 g/mol. The number of hydrogen-bond donors (Lipinski definition) is 2. The molecule has 1 atom stereocenters. The quantitative estimate of drug-likeness (QED) is 0.395. The molecule has 176 valence electrons. The van der Waals surface area contributed by atoms with E-state index in [1.807, 2.05) is 24.3 Å². The third kappa shape index (κ3) is 5.64. The molecule has 0 radical (unpaired) electrons. The molecule has 0 spiro atoms. The summed E-state index contributed by atoms with van der Waals surface area (Å²) in [6.07, 6.45) is 1.11. The van der Waals surface area contributed by atoms with Crippen LogP contribution >= 0.6 is 23.2 Å². The van der Waals surface area contributed by atoms with E-state index < -0.39 is 5.92 Å². The number of benzene rings is 3. The molecule has 0 bridgehead atoms. The van der Waals surface area contributed by atoms with Crippen molar-refractivity contribution in [2.75, 3.05) is 16.9 Å². The van der Waals surface area contributed by atoms with Crippen molar-refractivity contribution in [1.82, 2.24) is 5.43 Å². The average molecular weight is 498 g/mol. The number of rotatable bonds is 8. The maximum absolute atomic E-state index is 12.7. The lowest BCUT2D eigenvalue weighted by Gasteiger charge is -2.17. The van der Waals surface area contributed by atoms with Crippen LogP contribution in [0.5, 0.6) is 5.75 Å². The van der Waals surface area contributed by atoms with Gasteiger partial charge in [-0.05, 0) is 48.4 Å². The van der Waals surface area contributed by atoms with Crippen LogP contribution in [0.1, 0.15) is 24.5 Å². The zero-order valence-electron chi connectivity index (χ0n) is 18.7. The number of anilines is 2. The summed E-state index contributed by atoms with van der Waals surface area (Å²) in [5.41, 5.74) is 8.98. The minimum Gasteiger partial charge on any atom is -0.489 e. The van der Waals surface area contributed by atoms with Crippen LogP contribution in [0.25, 0.3) is 0 Å². The molecule has 1 aliphatic rings. The SMILES string of the molecule is CCc1ccc(N2C[C@@H](C(=O)NNc3cccc(OCc4c(Cl)cccc4Cl)c3)CC2=O)cc1. The van der Waals surface area contributed by atoms with Crippen LogP contribution in [-0.2, 0) is 22.6 Å². The Morgan fingerprint density at radius 2 is 1.76 bits per heavy atom. The topological polar surface area (TPSA) is 70.7 Å². The number of carbonyl (C=O) groups is 2. The first-order valence-electron chi connectivity index (χ1n) is 11.1. The summed E-state index contributed by atoms with van der Waals surface area (Å²) in [5, 5.41) is 1.08. The van der Waals surface area contributed by atoms with Gasteiger partial charge < -0.3 is 9.64 Å². The smallest absolute Gasteiger partial charge is 0.243 e. The molecule has 0 saturated carbocycles. The molecule has 0 aromatic heterocycles. The predicted molar refractivity (Wildman–Crippen MR) is 135 cm³/mol. The van der Waals surface area contributed by atoms with E-state index in [1.54, 1.807) is 47.4 Å². The number of hydrogen-bond acceptors (Lipinski definition) is 4. The van der Waals surface area contributed by atoms with Gasteiger partial charge in [0.2, 0.25) is 11.8 Å². The van der Waals surface area contributed by atoms with E-state index >= 15 is 0 Å². The second-order valence-electron chi connectivity index (χ2n) is 8.06. The van der Waals surface area contributed by atoms with Crippen LogP contribution in [0.2, 0.25) is 10.0 Å². The Bertz CT molecular complexity index is 1160. The van der Waals surface area contributed by atoms with Crippen molar-refractivity contribution in [3.63, 3.8) is 0 Å². The molecule has 1 saturated heterocycles. The zero-order chi connectivity index (χ0) is 24.1. The van der Waals surface area contributed by atoms with Crippen molar-refractivity contribution in [3.8, 4) is 5.75 Å². The highest BCUT2D eigenvalue weighted by Crippen LogP contribution is 2.27. The Morgan fingerprint density at radius 1 is 1.06 bits per heavy atom. The molecule has 3 aromatic carbocycles. The summed E-state index contributed by atoms with van der Waals surface area (Å²) >= 11 is 12.4. The van der Waals surface area contributed by atoms with Crippen LogP contribution in [0.3, 0.4) is 0 Å². The highest BCUT2D eigenvalue weighted by molar-refractivity contribution is 6.35. The maximum Gasteiger partial charge on any atom is 0.243 e. The number of amides is 2. The lowest BCUT2D eigenvalue weighted by molar-refractivity contribution is -0.125. The van der Waals surface area contributed by atoms with Gasteiger partial charge in [-0.2, -0.15) is 0 Å². The van der Waals surface area contributed by atoms with Crippen molar-refractivity contribution in [1.29, 1.82) is 0 Å². The molecular formula is C26H25Cl2N3O3. The number of halogens is 2. The van der Waals surface area contributed by atoms with Crippen molar-refractivity contribution >= 4 is 46.4 Å². The molecule has 8 heteroatoms. The highest BCUT2D eigenvalue weighted by Gasteiger charge is 2.35. The molecule has 34 heavy (non-hydrogen) atoms.